The van der Waals surface area contributed by atoms with Gasteiger partial charge >= 0.3 is 5.97 Å². The fraction of sp³-hybridized carbons (Fsp3) is 0.286. The third kappa shape index (κ3) is 3.88. The van der Waals surface area contributed by atoms with Crippen LogP contribution < -0.4 is 5.56 Å². The molecule has 5 nitrogen and oxygen atoms in total. The van der Waals surface area contributed by atoms with E-state index in [0.717, 1.165) is 11.1 Å². The van der Waals surface area contributed by atoms with Crippen LogP contribution in [0.5, 0.6) is 0 Å². The molecular formula is C21H21ClN2O3. The second-order valence-corrected chi connectivity index (χ2v) is 6.81. The third-order valence-electron chi connectivity index (χ3n) is 4.34. The molecule has 1 aromatic heterocycles. The van der Waals surface area contributed by atoms with Crippen LogP contribution >= 0.6 is 11.6 Å². The zero-order chi connectivity index (χ0) is 19.6. The van der Waals surface area contributed by atoms with Gasteiger partial charge in [-0.3, -0.25) is 14.2 Å². The van der Waals surface area contributed by atoms with Crippen LogP contribution in [0.1, 0.15) is 30.3 Å². The number of ether oxygens (including phenoxy) is 1. The minimum atomic E-state index is -0.321. The summed E-state index contributed by atoms with van der Waals surface area (Å²) in [5.41, 5.74) is 2.88. The summed E-state index contributed by atoms with van der Waals surface area (Å²) < 4.78 is 6.51. The minimum absolute atomic E-state index is 0.140. The number of nitrogens with zero attached hydrogens (tertiary/aromatic N) is 2. The van der Waals surface area contributed by atoms with Crippen LogP contribution in [-0.2, 0) is 16.0 Å². The van der Waals surface area contributed by atoms with E-state index in [1.807, 2.05) is 32.0 Å². The highest BCUT2D eigenvalue weighted by Gasteiger charge is 2.17. The molecule has 0 unspecified atom stereocenters. The lowest BCUT2D eigenvalue weighted by atomic mass is 10.1. The average molecular weight is 385 g/mol. The van der Waals surface area contributed by atoms with Gasteiger partial charge in [0.25, 0.3) is 5.56 Å². The van der Waals surface area contributed by atoms with Crippen molar-refractivity contribution in [3.8, 4) is 5.69 Å². The van der Waals surface area contributed by atoms with Gasteiger partial charge in [0.15, 0.2) is 0 Å². The Kier molecular flexibility index (Phi) is 5.61. The number of aryl methyl sites for hydroxylation is 3. The first-order chi connectivity index (χ1) is 12.9. The van der Waals surface area contributed by atoms with Crippen molar-refractivity contribution in [3.63, 3.8) is 0 Å². The van der Waals surface area contributed by atoms with Gasteiger partial charge in [-0.1, -0.05) is 29.8 Å². The smallest absolute Gasteiger partial charge is 0.306 e. The van der Waals surface area contributed by atoms with Crippen molar-refractivity contribution in [1.29, 1.82) is 0 Å². The number of hydrogen-bond acceptors (Lipinski definition) is 4. The molecule has 0 N–H and O–H groups in total. The molecule has 0 atom stereocenters. The van der Waals surface area contributed by atoms with Crippen LogP contribution in [0.25, 0.3) is 16.6 Å². The number of rotatable bonds is 5. The number of carbonyl (C=O) groups is 1. The zero-order valence-electron chi connectivity index (χ0n) is 15.6. The molecule has 140 valence electrons. The molecule has 0 saturated heterocycles. The van der Waals surface area contributed by atoms with Crippen LogP contribution in [0, 0.1) is 13.8 Å². The molecule has 1 heterocycles. The molecule has 6 heteroatoms. The molecule has 0 aliphatic carbocycles. The van der Waals surface area contributed by atoms with Crippen molar-refractivity contribution in [3.05, 3.63) is 68.7 Å². The largest absolute Gasteiger partial charge is 0.466 e. The Morgan fingerprint density at radius 3 is 2.67 bits per heavy atom. The molecule has 0 fully saturated rings. The lowest BCUT2D eigenvalue weighted by Crippen LogP contribution is -2.25. The first-order valence-electron chi connectivity index (χ1n) is 8.85. The number of hydrogen-bond donors (Lipinski definition) is 0. The molecule has 0 bridgehead atoms. The number of halogens is 1. The normalized spacial score (nSPS) is 11.0. The highest BCUT2D eigenvalue weighted by atomic mass is 35.5. The molecular weight excluding hydrogens is 364 g/mol. The fourth-order valence-corrected chi connectivity index (χ4v) is 3.45. The molecule has 3 rings (SSSR count). The quantitative estimate of drug-likeness (QED) is 0.620. The maximum absolute atomic E-state index is 13.4. The Labute approximate surface area is 162 Å². The van der Waals surface area contributed by atoms with Gasteiger partial charge in [-0.2, -0.15) is 0 Å². The lowest BCUT2D eigenvalue weighted by molar-refractivity contribution is -0.143. The molecule has 27 heavy (non-hydrogen) atoms. The van der Waals surface area contributed by atoms with Crippen LogP contribution in [0.2, 0.25) is 5.02 Å². The topological polar surface area (TPSA) is 61.2 Å². The number of fused-ring (bicyclic) bond motifs is 1. The van der Waals surface area contributed by atoms with Crippen LogP contribution in [0.3, 0.4) is 0 Å². The van der Waals surface area contributed by atoms with Gasteiger partial charge in [0.2, 0.25) is 0 Å². The molecule has 3 aromatic rings. The maximum atomic E-state index is 13.4. The van der Waals surface area contributed by atoms with E-state index in [9.17, 15) is 9.59 Å². The van der Waals surface area contributed by atoms with Gasteiger partial charge in [-0.15, -0.1) is 0 Å². The van der Waals surface area contributed by atoms with Crippen molar-refractivity contribution in [2.24, 2.45) is 0 Å². The fourth-order valence-electron chi connectivity index (χ4n) is 3.23. The molecule has 0 radical (unpaired) electrons. The molecule has 0 saturated carbocycles. The second-order valence-electron chi connectivity index (χ2n) is 6.40. The monoisotopic (exact) mass is 384 g/mol. The van der Waals surface area contributed by atoms with Crippen molar-refractivity contribution in [2.75, 3.05) is 6.61 Å². The summed E-state index contributed by atoms with van der Waals surface area (Å²) in [5, 5.41) is 1.00. The Hall–Kier alpha value is -2.66. The van der Waals surface area contributed by atoms with E-state index in [0.29, 0.717) is 34.0 Å². The highest BCUT2D eigenvalue weighted by molar-refractivity contribution is 6.32. The molecule has 2 aromatic carbocycles. The second kappa shape index (κ2) is 7.92. The zero-order valence-corrected chi connectivity index (χ0v) is 16.3. The lowest BCUT2D eigenvalue weighted by Gasteiger charge is -2.16. The average Bonchev–Trinajstić information content (AvgIpc) is 2.60. The Balaban J connectivity index is 2.25. The van der Waals surface area contributed by atoms with Crippen LogP contribution in [0.15, 0.2) is 41.2 Å². The van der Waals surface area contributed by atoms with E-state index >= 15 is 0 Å². The maximum Gasteiger partial charge on any atom is 0.306 e. The summed E-state index contributed by atoms with van der Waals surface area (Å²) in [7, 11) is 0. The molecule has 0 spiro atoms. The summed E-state index contributed by atoms with van der Waals surface area (Å²) >= 11 is 6.35. The van der Waals surface area contributed by atoms with E-state index in [-0.39, 0.29) is 24.4 Å². The Bertz CT molecular complexity index is 1070. The van der Waals surface area contributed by atoms with Gasteiger partial charge in [0, 0.05) is 6.42 Å². The van der Waals surface area contributed by atoms with Crippen molar-refractivity contribution in [1.82, 2.24) is 9.55 Å². The van der Waals surface area contributed by atoms with E-state index in [1.54, 1.807) is 25.1 Å². The molecule has 0 amide bonds. The first kappa shape index (κ1) is 19.1. The Morgan fingerprint density at radius 1 is 1.22 bits per heavy atom. The summed E-state index contributed by atoms with van der Waals surface area (Å²) in [5.74, 6) is 0.164. The van der Waals surface area contributed by atoms with Gasteiger partial charge in [-0.25, -0.2) is 4.98 Å². The third-order valence-corrected chi connectivity index (χ3v) is 4.65. The Morgan fingerprint density at radius 2 is 1.96 bits per heavy atom. The van der Waals surface area contributed by atoms with Gasteiger partial charge in [0.05, 0.1) is 34.6 Å². The summed E-state index contributed by atoms with van der Waals surface area (Å²) in [6, 6.07) is 11.0. The first-order valence-corrected chi connectivity index (χ1v) is 9.23. The molecule has 0 aliphatic heterocycles. The summed E-state index contributed by atoms with van der Waals surface area (Å²) in [6.45, 7) is 5.94. The van der Waals surface area contributed by atoms with Gasteiger partial charge in [0.1, 0.15) is 5.82 Å². The standard InChI is InChI=1S/C21H21ClN2O3/c1-4-27-19(25)10-9-18-23-16-12-13(2)11-14(3)20(16)21(26)24(18)17-8-6-5-7-15(17)22/h5-8,11-12H,4,9-10H2,1-3H3. The number of esters is 1. The van der Waals surface area contributed by atoms with E-state index in [1.165, 1.54) is 4.57 Å². The van der Waals surface area contributed by atoms with Crippen LogP contribution in [0.4, 0.5) is 0 Å². The summed E-state index contributed by atoms with van der Waals surface area (Å²) in [4.78, 5) is 29.9. The minimum Gasteiger partial charge on any atom is -0.466 e. The van der Waals surface area contributed by atoms with E-state index in [4.69, 9.17) is 21.3 Å². The predicted octanol–water partition coefficient (Wildman–Crippen LogP) is 4.15. The highest BCUT2D eigenvalue weighted by Crippen LogP contribution is 2.23. The number of benzene rings is 2. The van der Waals surface area contributed by atoms with Gasteiger partial charge < -0.3 is 4.74 Å². The van der Waals surface area contributed by atoms with Crippen molar-refractivity contribution < 1.29 is 9.53 Å². The van der Waals surface area contributed by atoms with E-state index < -0.39 is 0 Å². The van der Waals surface area contributed by atoms with Gasteiger partial charge in [-0.05, 0) is 50.1 Å². The number of aromatic nitrogens is 2. The van der Waals surface area contributed by atoms with Crippen molar-refractivity contribution >= 4 is 28.5 Å². The predicted molar refractivity (Wildman–Crippen MR) is 107 cm³/mol. The van der Waals surface area contributed by atoms with Crippen molar-refractivity contribution in [2.45, 2.75) is 33.6 Å². The number of para-hydroxylation sites is 1. The molecule has 0 aliphatic rings. The summed E-state index contributed by atoms with van der Waals surface area (Å²) in [6.07, 6.45) is 0.420. The van der Waals surface area contributed by atoms with E-state index in [2.05, 4.69) is 0 Å². The number of carbonyl (C=O) groups excluding carboxylic acids is 1. The van der Waals surface area contributed by atoms with Crippen LogP contribution in [-0.4, -0.2) is 22.1 Å². The SMILES string of the molecule is CCOC(=O)CCc1nc2cc(C)cc(C)c2c(=O)n1-c1ccccc1Cl.